The van der Waals surface area contributed by atoms with Crippen LogP contribution in [-0.2, 0) is 37.5 Å². The van der Waals surface area contributed by atoms with Gasteiger partial charge in [-0.1, -0.05) is 12.1 Å². The minimum atomic E-state index is -4.29. The zero-order chi connectivity index (χ0) is 19.1. The van der Waals surface area contributed by atoms with Gasteiger partial charge in [0, 0.05) is 35.9 Å². The van der Waals surface area contributed by atoms with E-state index in [4.69, 9.17) is 16.7 Å². The Hall–Kier alpha value is -1.96. The van der Waals surface area contributed by atoms with Crippen LogP contribution in [0.15, 0.2) is 49.1 Å². The van der Waals surface area contributed by atoms with Crippen LogP contribution in [0.1, 0.15) is 23.3 Å². The van der Waals surface area contributed by atoms with Gasteiger partial charge in [-0.2, -0.15) is 16.8 Å². The van der Waals surface area contributed by atoms with E-state index in [-0.39, 0.29) is 0 Å². The van der Waals surface area contributed by atoms with E-state index in [0.29, 0.717) is 11.1 Å². The highest BCUT2D eigenvalue weighted by Crippen LogP contribution is 2.54. The van der Waals surface area contributed by atoms with Gasteiger partial charge in [0.2, 0.25) is 0 Å². The van der Waals surface area contributed by atoms with E-state index in [2.05, 4.69) is 9.97 Å². The average molecular weight is 414 g/mol. The fraction of sp³-hybridized carbons (Fsp3) is 0.333. The van der Waals surface area contributed by atoms with Crippen molar-refractivity contribution >= 4 is 20.8 Å². The predicted octanol–water partition coefficient (Wildman–Crippen LogP) is 0.829. The van der Waals surface area contributed by atoms with Crippen molar-refractivity contribution < 1.29 is 33.6 Å². The van der Waals surface area contributed by atoms with E-state index < -0.39 is 51.6 Å². The van der Waals surface area contributed by atoms with Crippen LogP contribution < -0.4 is 0 Å². The molecule has 1 spiro atoms. The van der Waals surface area contributed by atoms with Crippen molar-refractivity contribution in [3.05, 3.63) is 60.2 Å². The number of aromatic nitrogens is 2. The van der Waals surface area contributed by atoms with E-state index in [1.165, 1.54) is 24.8 Å². The molecule has 0 amide bonds. The van der Waals surface area contributed by atoms with Crippen molar-refractivity contribution in [1.29, 1.82) is 0 Å². The van der Waals surface area contributed by atoms with E-state index in [1.54, 1.807) is 24.3 Å². The van der Waals surface area contributed by atoms with Crippen LogP contribution in [-0.4, -0.2) is 40.0 Å². The Morgan fingerprint density at radius 1 is 0.815 bits per heavy atom. The summed E-state index contributed by atoms with van der Waals surface area (Å²) in [6, 6.07) is 6.44. The molecule has 2 aromatic rings. The first kappa shape index (κ1) is 18.4. The fourth-order valence-corrected chi connectivity index (χ4v) is 5.08. The molecule has 2 aliphatic rings. The molecule has 2 unspecified atom stereocenters. The number of hydrogen-bond acceptors (Lipinski definition) is 10. The van der Waals surface area contributed by atoms with Crippen molar-refractivity contribution in [2.45, 2.75) is 12.2 Å². The van der Waals surface area contributed by atoms with Gasteiger partial charge in [-0.05, 0) is 12.1 Å². The van der Waals surface area contributed by atoms with Gasteiger partial charge in [0.05, 0.1) is 18.6 Å². The summed E-state index contributed by atoms with van der Waals surface area (Å²) in [6.07, 6.45) is 3.59. The Balaban J connectivity index is 1.87. The third-order valence-electron chi connectivity index (χ3n) is 4.39. The predicted molar refractivity (Wildman–Crippen MR) is 88.3 cm³/mol. The van der Waals surface area contributed by atoms with Crippen LogP contribution in [0.25, 0.3) is 0 Å². The largest absolute Gasteiger partial charge is 0.400 e. The van der Waals surface area contributed by atoms with Crippen LogP contribution in [0, 0.1) is 5.41 Å². The highest BCUT2D eigenvalue weighted by Gasteiger charge is 2.59. The molecule has 2 saturated heterocycles. The second kappa shape index (κ2) is 6.58. The van der Waals surface area contributed by atoms with Gasteiger partial charge >= 0.3 is 20.8 Å². The second-order valence-corrected chi connectivity index (χ2v) is 8.59. The van der Waals surface area contributed by atoms with E-state index in [0.717, 1.165) is 0 Å². The average Bonchev–Trinajstić information content (AvgIpc) is 2.66. The molecule has 4 heterocycles. The number of rotatable bonds is 2. The summed E-state index contributed by atoms with van der Waals surface area (Å²) in [7, 11) is -8.59. The molecule has 0 radical (unpaired) electrons. The van der Waals surface area contributed by atoms with Gasteiger partial charge in [0.1, 0.15) is 12.2 Å². The highest BCUT2D eigenvalue weighted by atomic mass is 32.3. The number of nitrogens with zero attached hydrogens (tertiary/aromatic N) is 2. The van der Waals surface area contributed by atoms with E-state index >= 15 is 0 Å². The third-order valence-corrected chi connectivity index (χ3v) is 6.06. The third kappa shape index (κ3) is 3.47. The lowest BCUT2D eigenvalue weighted by molar-refractivity contribution is -0.148. The summed E-state index contributed by atoms with van der Waals surface area (Å²) < 4.78 is 68.0. The molecule has 27 heavy (non-hydrogen) atoms. The molecule has 2 fully saturated rings. The van der Waals surface area contributed by atoms with Gasteiger partial charge in [-0.25, -0.2) is 16.7 Å². The lowest BCUT2D eigenvalue weighted by Crippen LogP contribution is -2.53. The lowest BCUT2D eigenvalue weighted by atomic mass is 9.73. The molecule has 144 valence electrons. The molecule has 0 saturated carbocycles. The summed E-state index contributed by atoms with van der Waals surface area (Å²) in [5, 5.41) is 0. The van der Waals surface area contributed by atoms with Crippen LogP contribution in [0.2, 0.25) is 0 Å². The smallest absolute Gasteiger partial charge is 0.264 e. The van der Waals surface area contributed by atoms with Crippen molar-refractivity contribution in [2.75, 3.05) is 13.2 Å². The first-order valence-corrected chi connectivity index (χ1v) is 10.4. The molecular weight excluding hydrogens is 400 g/mol. The summed E-state index contributed by atoms with van der Waals surface area (Å²) in [6.45, 7) is -0.825. The molecule has 10 nitrogen and oxygen atoms in total. The second-order valence-electron chi connectivity index (χ2n) is 6.10. The van der Waals surface area contributed by atoms with Crippen LogP contribution in [0.5, 0.6) is 0 Å². The Kier molecular flexibility index (Phi) is 4.49. The number of hydrogen-bond donors (Lipinski definition) is 0. The van der Waals surface area contributed by atoms with Crippen LogP contribution in [0.3, 0.4) is 0 Å². The minimum Gasteiger partial charge on any atom is -0.264 e. The quantitative estimate of drug-likeness (QED) is 0.696. The molecule has 0 N–H and O–H groups in total. The molecule has 0 aliphatic carbocycles. The summed E-state index contributed by atoms with van der Waals surface area (Å²) in [4.78, 5) is 7.97. The highest BCUT2D eigenvalue weighted by molar-refractivity contribution is 7.82. The van der Waals surface area contributed by atoms with Crippen LogP contribution >= 0.6 is 0 Å². The van der Waals surface area contributed by atoms with Gasteiger partial charge in [-0.3, -0.25) is 9.97 Å². The Bertz CT molecular complexity index is 943. The van der Waals surface area contributed by atoms with Crippen molar-refractivity contribution in [3.63, 3.8) is 0 Å². The number of pyridine rings is 2. The maximum atomic E-state index is 12.0. The van der Waals surface area contributed by atoms with Gasteiger partial charge in [-0.15, -0.1) is 0 Å². The van der Waals surface area contributed by atoms with E-state index in [9.17, 15) is 16.8 Å². The maximum absolute atomic E-state index is 12.0. The lowest BCUT2D eigenvalue weighted by Gasteiger charge is -2.47. The molecular formula is C15H14N2O8S2. The van der Waals surface area contributed by atoms with E-state index in [1.807, 2.05) is 0 Å². The fourth-order valence-electron chi connectivity index (χ4n) is 3.17. The maximum Gasteiger partial charge on any atom is 0.400 e. The minimum absolute atomic E-state index is 0.407. The van der Waals surface area contributed by atoms with Gasteiger partial charge in [0.25, 0.3) is 0 Å². The van der Waals surface area contributed by atoms with Gasteiger partial charge in [0.15, 0.2) is 0 Å². The summed E-state index contributed by atoms with van der Waals surface area (Å²) in [5.41, 5.74) is -0.502. The molecule has 2 aromatic heterocycles. The molecule has 4 rings (SSSR count). The normalized spacial score (nSPS) is 32.1. The Morgan fingerprint density at radius 3 is 1.63 bits per heavy atom. The molecule has 12 heteroatoms. The Labute approximate surface area is 155 Å². The first-order chi connectivity index (χ1) is 12.8. The summed E-state index contributed by atoms with van der Waals surface area (Å²) in [5.74, 6) is 0. The van der Waals surface area contributed by atoms with Crippen molar-refractivity contribution in [1.82, 2.24) is 9.97 Å². The molecule has 0 aromatic carbocycles. The van der Waals surface area contributed by atoms with Gasteiger partial charge < -0.3 is 0 Å². The molecule has 2 atom stereocenters. The van der Waals surface area contributed by atoms with Crippen molar-refractivity contribution in [3.8, 4) is 0 Å². The zero-order valence-electron chi connectivity index (χ0n) is 13.7. The monoisotopic (exact) mass is 414 g/mol. The standard InChI is InChI=1S/C15H14N2O8S2/c18-26(19)22-9-15(13(24-26)11-3-1-5-16-7-11)10-23-27(20,21)25-14(15)12-4-2-6-17-8-12/h1-8,13-14H,9-10H2. The molecule has 2 aliphatic heterocycles. The Morgan fingerprint density at radius 2 is 1.26 bits per heavy atom. The topological polar surface area (TPSA) is 131 Å². The molecule has 0 bridgehead atoms. The van der Waals surface area contributed by atoms with Crippen molar-refractivity contribution in [2.24, 2.45) is 5.41 Å². The first-order valence-electron chi connectivity index (χ1n) is 7.76. The van der Waals surface area contributed by atoms with Crippen LogP contribution in [0.4, 0.5) is 0 Å². The zero-order valence-corrected chi connectivity index (χ0v) is 15.3. The summed E-state index contributed by atoms with van der Waals surface area (Å²) >= 11 is 0. The SMILES string of the molecule is O=S1(=O)OCC2(COS(=O)(=O)OC2c2cccnc2)C(c2cccnc2)O1.